The fourth-order valence-electron chi connectivity index (χ4n) is 1.86. The molecule has 1 N–H and O–H groups in total. The number of carbonyl (C=O) groups is 1. The Morgan fingerprint density at radius 3 is 2.35 bits per heavy atom. The number of carbonyl (C=O) groups excluding carboxylic acids is 1. The van der Waals surface area contributed by atoms with E-state index >= 15 is 0 Å². The summed E-state index contributed by atoms with van der Waals surface area (Å²) in [6, 6.07) is 0. The first kappa shape index (κ1) is 14.2. The van der Waals surface area contributed by atoms with Crippen LogP contribution in [-0.4, -0.2) is 48.9 Å². The van der Waals surface area contributed by atoms with Crippen LogP contribution >= 0.6 is 0 Å². The molecule has 5 heteroatoms. The third-order valence-electron chi connectivity index (χ3n) is 2.97. The van der Waals surface area contributed by atoms with Gasteiger partial charge in [0.25, 0.3) is 0 Å². The highest BCUT2D eigenvalue weighted by molar-refractivity contribution is 5.68. The van der Waals surface area contributed by atoms with Crippen LogP contribution < -0.4 is 5.32 Å². The molecule has 0 spiro atoms. The zero-order valence-corrected chi connectivity index (χ0v) is 11.2. The molecule has 0 atom stereocenters. The zero-order valence-electron chi connectivity index (χ0n) is 11.2. The summed E-state index contributed by atoms with van der Waals surface area (Å²) in [6.45, 7) is 6.43. The predicted octanol–water partition coefficient (Wildman–Crippen LogP) is 1.95. The van der Waals surface area contributed by atoms with Gasteiger partial charge in [-0.1, -0.05) is 0 Å². The van der Waals surface area contributed by atoms with E-state index in [9.17, 15) is 9.18 Å². The van der Waals surface area contributed by atoms with E-state index in [2.05, 4.69) is 10.2 Å². The Morgan fingerprint density at radius 1 is 1.41 bits per heavy atom. The maximum absolute atomic E-state index is 13.2. The molecule has 1 aliphatic heterocycles. The number of amides is 1. The van der Waals surface area contributed by atoms with Crippen molar-refractivity contribution in [3.05, 3.63) is 0 Å². The minimum atomic E-state index is -0.741. The molecule has 4 nitrogen and oxygen atoms in total. The van der Waals surface area contributed by atoms with Crippen molar-refractivity contribution in [2.45, 2.75) is 44.8 Å². The summed E-state index contributed by atoms with van der Waals surface area (Å²) in [5, 5.41) is 2.70. The van der Waals surface area contributed by atoms with E-state index in [1.54, 1.807) is 20.8 Å². The molecule has 1 heterocycles. The standard InChI is InChI=1S/C12H23FN2O2/c1-11(2,3)17-10(16)14-12(9-13)5-7-15(4)8-6-12/h5-9H2,1-4H3,(H,14,16). The molecular formula is C12H23FN2O2. The summed E-state index contributed by atoms with van der Waals surface area (Å²) in [6.07, 6.45) is 0.720. The van der Waals surface area contributed by atoms with Crippen molar-refractivity contribution in [1.82, 2.24) is 10.2 Å². The van der Waals surface area contributed by atoms with Crippen molar-refractivity contribution in [2.24, 2.45) is 0 Å². The van der Waals surface area contributed by atoms with E-state index in [0.29, 0.717) is 12.8 Å². The van der Waals surface area contributed by atoms with Crippen LogP contribution in [0.15, 0.2) is 0 Å². The Balaban J connectivity index is 2.54. The minimum absolute atomic E-state index is 0.528. The Hall–Kier alpha value is -0.840. The Kier molecular flexibility index (Phi) is 4.36. The van der Waals surface area contributed by atoms with Gasteiger partial charge in [0.15, 0.2) is 0 Å². The summed E-state index contributed by atoms with van der Waals surface area (Å²) in [4.78, 5) is 13.8. The van der Waals surface area contributed by atoms with E-state index in [0.717, 1.165) is 13.1 Å². The minimum Gasteiger partial charge on any atom is -0.444 e. The summed E-state index contributed by atoms with van der Waals surface area (Å²) in [7, 11) is 2.00. The number of alkyl halides is 1. The smallest absolute Gasteiger partial charge is 0.408 e. The average molecular weight is 246 g/mol. The van der Waals surface area contributed by atoms with E-state index in [-0.39, 0.29) is 0 Å². The molecule has 17 heavy (non-hydrogen) atoms. The highest BCUT2D eigenvalue weighted by atomic mass is 19.1. The maximum atomic E-state index is 13.2. The van der Waals surface area contributed by atoms with Gasteiger partial charge in [-0.2, -0.15) is 0 Å². The second kappa shape index (κ2) is 5.21. The Labute approximate surface area is 102 Å². The molecule has 0 aromatic carbocycles. The normalized spacial score (nSPS) is 21.0. The summed E-state index contributed by atoms with van der Waals surface area (Å²) >= 11 is 0. The SMILES string of the molecule is CN1CCC(CF)(NC(=O)OC(C)(C)C)CC1. The van der Waals surface area contributed by atoms with E-state index < -0.39 is 23.9 Å². The number of nitrogens with one attached hydrogen (secondary N) is 1. The highest BCUT2D eigenvalue weighted by Gasteiger charge is 2.36. The van der Waals surface area contributed by atoms with Gasteiger partial charge in [0.2, 0.25) is 0 Å². The Morgan fingerprint density at radius 2 is 1.94 bits per heavy atom. The topological polar surface area (TPSA) is 41.6 Å². The number of hydrogen-bond donors (Lipinski definition) is 1. The molecule has 1 aliphatic rings. The van der Waals surface area contributed by atoms with Crippen molar-refractivity contribution in [2.75, 3.05) is 26.8 Å². The van der Waals surface area contributed by atoms with Crippen molar-refractivity contribution in [1.29, 1.82) is 0 Å². The van der Waals surface area contributed by atoms with E-state index in [4.69, 9.17) is 4.74 Å². The first-order valence-corrected chi connectivity index (χ1v) is 6.02. The lowest BCUT2D eigenvalue weighted by Crippen LogP contribution is -2.57. The molecule has 100 valence electrons. The van der Waals surface area contributed by atoms with E-state index in [1.807, 2.05) is 7.05 Å². The van der Waals surface area contributed by atoms with Crippen molar-refractivity contribution in [3.63, 3.8) is 0 Å². The second-order valence-electron chi connectivity index (χ2n) is 5.84. The van der Waals surface area contributed by atoms with Crippen LogP contribution in [0.3, 0.4) is 0 Å². The van der Waals surface area contributed by atoms with Crippen LogP contribution in [0.1, 0.15) is 33.6 Å². The largest absolute Gasteiger partial charge is 0.444 e. The van der Waals surface area contributed by atoms with Crippen LogP contribution in [0.25, 0.3) is 0 Å². The molecule has 0 radical (unpaired) electrons. The number of rotatable bonds is 2. The lowest BCUT2D eigenvalue weighted by Gasteiger charge is -2.39. The van der Waals surface area contributed by atoms with Crippen LogP contribution in [0, 0.1) is 0 Å². The van der Waals surface area contributed by atoms with Gasteiger partial charge in [-0.3, -0.25) is 0 Å². The van der Waals surface area contributed by atoms with Crippen LogP contribution in [-0.2, 0) is 4.74 Å². The van der Waals surface area contributed by atoms with E-state index in [1.165, 1.54) is 0 Å². The van der Waals surface area contributed by atoms with Crippen LogP contribution in [0.5, 0.6) is 0 Å². The van der Waals surface area contributed by atoms with Gasteiger partial charge >= 0.3 is 6.09 Å². The molecule has 0 aromatic rings. The van der Waals surface area contributed by atoms with Crippen molar-refractivity contribution >= 4 is 6.09 Å². The van der Waals surface area contributed by atoms with Gasteiger partial charge in [0, 0.05) is 13.1 Å². The molecule has 0 aliphatic carbocycles. The summed E-state index contributed by atoms with van der Waals surface area (Å²) in [5.41, 5.74) is -1.29. The first-order chi connectivity index (χ1) is 7.76. The van der Waals surface area contributed by atoms with Gasteiger partial charge < -0.3 is 15.0 Å². The fourth-order valence-corrected chi connectivity index (χ4v) is 1.86. The summed E-state index contributed by atoms with van der Waals surface area (Å²) in [5.74, 6) is 0. The van der Waals surface area contributed by atoms with Crippen molar-refractivity contribution in [3.8, 4) is 0 Å². The number of nitrogens with zero attached hydrogens (tertiary/aromatic N) is 1. The van der Waals surface area contributed by atoms with Gasteiger partial charge in [-0.05, 0) is 40.7 Å². The predicted molar refractivity (Wildman–Crippen MR) is 64.8 cm³/mol. The third kappa shape index (κ3) is 4.50. The molecule has 1 amide bonds. The lowest BCUT2D eigenvalue weighted by atomic mass is 9.89. The van der Waals surface area contributed by atoms with Crippen molar-refractivity contribution < 1.29 is 13.9 Å². The number of hydrogen-bond acceptors (Lipinski definition) is 3. The molecule has 0 bridgehead atoms. The fraction of sp³-hybridized carbons (Fsp3) is 0.917. The average Bonchev–Trinajstić information content (AvgIpc) is 2.19. The van der Waals surface area contributed by atoms with Gasteiger partial charge in [-0.25, -0.2) is 9.18 Å². The lowest BCUT2D eigenvalue weighted by molar-refractivity contribution is 0.0361. The quantitative estimate of drug-likeness (QED) is 0.809. The molecule has 1 saturated heterocycles. The third-order valence-corrected chi connectivity index (χ3v) is 2.97. The number of alkyl carbamates (subject to hydrolysis) is 1. The monoisotopic (exact) mass is 246 g/mol. The molecule has 0 unspecified atom stereocenters. The Bertz CT molecular complexity index is 268. The molecule has 1 fully saturated rings. The van der Waals surface area contributed by atoms with Crippen LogP contribution in [0.2, 0.25) is 0 Å². The number of piperidine rings is 1. The highest BCUT2D eigenvalue weighted by Crippen LogP contribution is 2.23. The second-order valence-corrected chi connectivity index (χ2v) is 5.84. The van der Waals surface area contributed by atoms with Gasteiger partial charge in [0.05, 0.1) is 5.54 Å². The number of likely N-dealkylation sites (tertiary alicyclic amines) is 1. The molecule has 0 saturated carbocycles. The maximum Gasteiger partial charge on any atom is 0.408 e. The van der Waals surface area contributed by atoms with Gasteiger partial charge in [-0.15, -0.1) is 0 Å². The zero-order chi connectivity index (χ0) is 13.1. The number of ether oxygens (including phenoxy) is 1. The van der Waals surface area contributed by atoms with Gasteiger partial charge in [0.1, 0.15) is 12.3 Å². The van der Waals surface area contributed by atoms with Crippen LogP contribution in [0.4, 0.5) is 9.18 Å². The first-order valence-electron chi connectivity index (χ1n) is 6.02. The molecule has 0 aromatic heterocycles. The molecular weight excluding hydrogens is 223 g/mol. The molecule has 1 rings (SSSR count). The number of halogens is 1. The summed E-state index contributed by atoms with van der Waals surface area (Å²) < 4.78 is 18.3.